The van der Waals surface area contributed by atoms with Gasteiger partial charge in [0, 0.05) is 12.6 Å². The average Bonchev–Trinajstić information content (AvgIpc) is 2.40. The van der Waals surface area contributed by atoms with Crippen LogP contribution in [-0.4, -0.2) is 19.0 Å². The average molecular weight is 262 g/mol. The summed E-state index contributed by atoms with van der Waals surface area (Å²) in [5.41, 5.74) is 2.16. The van der Waals surface area contributed by atoms with Gasteiger partial charge >= 0.3 is 0 Å². The first kappa shape index (κ1) is 15.7. The molecule has 3 heteroatoms. The minimum Gasteiger partial charge on any atom is -0.326 e. The summed E-state index contributed by atoms with van der Waals surface area (Å²) in [7, 11) is 0. The van der Waals surface area contributed by atoms with E-state index in [1.165, 1.54) is 25.3 Å². The largest absolute Gasteiger partial charge is 0.326 e. The monoisotopic (exact) mass is 262 g/mol. The van der Waals surface area contributed by atoms with Gasteiger partial charge in [-0.25, -0.2) is 0 Å². The van der Waals surface area contributed by atoms with Crippen LogP contribution in [-0.2, 0) is 11.2 Å². The lowest BCUT2D eigenvalue weighted by Gasteiger charge is -2.13. The molecule has 19 heavy (non-hydrogen) atoms. The Kier molecular flexibility index (Phi) is 7.19. The Labute approximate surface area is 116 Å². The molecular weight excluding hydrogens is 236 g/mol. The zero-order valence-electron chi connectivity index (χ0n) is 12.3. The zero-order valence-corrected chi connectivity index (χ0v) is 12.3. The Hall–Kier alpha value is -1.35. The van der Waals surface area contributed by atoms with Crippen molar-refractivity contribution in [3.05, 3.63) is 29.8 Å². The molecule has 1 aromatic carbocycles. The SMILES string of the molecule is CCC(CC)CNCCc1ccc(NC(C)=O)cc1. The molecule has 106 valence electrons. The smallest absolute Gasteiger partial charge is 0.221 e. The molecule has 0 saturated carbocycles. The van der Waals surface area contributed by atoms with E-state index in [1.807, 2.05) is 12.1 Å². The van der Waals surface area contributed by atoms with Crippen molar-refractivity contribution in [1.82, 2.24) is 5.32 Å². The summed E-state index contributed by atoms with van der Waals surface area (Å²) in [5, 5.41) is 6.29. The molecule has 0 aromatic heterocycles. The number of hydrogen-bond acceptors (Lipinski definition) is 2. The second kappa shape index (κ2) is 8.70. The Morgan fingerprint density at radius 3 is 2.32 bits per heavy atom. The highest BCUT2D eigenvalue weighted by Crippen LogP contribution is 2.10. The fourth-order valence-electron chi connectivity index (χ4n) is 2.07. The first-order valence-electron chi connectivity index (χ1n) is 7.23. The van der Waals surface area contributed by atoms with Gasteiger partial charge in [-0.15, -0.1) is 0 Å². The highest BCUT2D eigenvalue weighted by atomic mass is 16.1. The van der Waals surface area contributed by atoms with Crippen LogP contribution >= 0.6 is 0 Å². The molecule has 0 bridgehead atoms. The van der Waals surface area contributed by atoms with E-state index in [9.17, 15) is 4.79 Å². The van der Waals surface area contributed by atoms with Crippen LogP contribution in [0.5, 0.6) is 0 Å². The Morgan fingerprint density at radius 1 is 1.16 bits per heavy atom. The lowest BCUT2D eigenvalue weighted by molar-refractivity contribution is -0.114. The highest BCUT2D eigenvalue weighted by molar-refractivity contribution is 5.88. The fourth-order valence-corrected chi connectivity index (χ4v) is 2.07. The second-order valence-corrected chi connectivity index (χ2v) is 5.01. The summed E-state index contributed by atoms with van der Waals surface area (Å²) in [6.07, 6.45) is 3.52. The summed E-state index contributed by atoms with van der Waals surface area (Å²) in [6, 6.07) is 8.06. The third-order valence-electron chi connectivity index (χ3n) is 3.45. The van der Waals surface area contributed by atoms with Gasteiger partial charge in [0.15, 0.2) is 0 Å². The first-order valence-corrected chi connectivity index (χ1v) is 7.23. The number of anilines is 1. The standard InChI is InChI=1S/C16H26N2O/c1-4-14(5-2)12-17-11-10-15-6-8-16(9-7-15)18-13(3)19/h6-9,14,17H,4-5,10-12H2,1-3H3,(H,18,19). The predicted octanol–water partition coefficient (Wildman–Crippen LogP) is 3.21. The number of rotatable bonds is 8. The summed E-state index contributed by atoms with van der Waals surface area (Å²) in [4.78, 5) is 10.9. The Bertz CT molecular complexity index is 369. The van der Waals surface area contributed by atoms with Gasteiger partial charge in [-0.05, 0) is 43.1 Å². The van der Waals surface area contributed by atoms with Gasteiger partial charge in [0.25, 0.3) is 0 Å². The maximum absolute atomic E-state index is 10.9. The van der Waals surface area contributed by atoms with Gasteiger partial charge < -0.3 is 10.6 Å². The molecule has 0 unspecified atom stereocenters. The van der Waals surface area contributed by atoms with Crippen molar-refractivity contribution in [3.63, 3.8) is 0 Å². The molecule has 3 nitrogen and oxygen atoms in total. The van der Waals surface area contributed by atoms with Crippen molar-refractivity contribution in [1.29, 1.82) is 0 Å². The molecule has 0 atom stereocenters. The molecule has 1 rings (SSSR count). The van der Waals surface area contributed by atoms with E-state index in [1.54, 1.807) is 0 Å². The maximum Gasteiger partial charge on any atom is 0.221 e. The van der Waals surface area contributed by atoms with E-state index in [0.29, 0.717) is 0 Å². The van der Waals surface area contributed by atoms with Crippen LogP contribution in [0.1, 0.15) is 39.2 Å². The van der Waals surface area contributed by atoms with Gasteiger partial charge in [-0.3, -0.25) is 4.79 Å². The van der Waals surface area contributed by atoms with Gasteiger partial charge in [0.1, 0.15) is 0 Å². The van der Waals surface area contributed by atoms with Crippen molar-refractivity contribution in [2.45, 2.75) is 40.0 Å². The van der Waals surface area contributed by atoms with Crippen LogP contribution < -0.4 is 10.6 Å². The molecule has 0 heterocycles. The maximum atomic E-state index is 10.9. The van der Waals surface area contributed by atoms with Crippen molar-refractivity contribution in [2.24, 2.45) is 5.92 Å². The fraction of sp³-hybridized carbons (Fsp3) is 0.562. The number of carbonyl (C=O) groups excluding carboxylic acids is 1. The summed E-state index contributed by atoms with van der Waals surface area (Å²) < 4.78 is 0. The minimum atomic E-state index is -0.0282. The Morgan fingerprint density at radius 2 is 1.79 bits per heavy atom. The van der Waals surface area contributed by atoms with E-state index < -0.39 is 0 Å². The predicted molar refractivity (Wildman–Crippen MR) is 81.4 cm³/mol. The Balaban J connectivity index is 2.28. The highest BCUT2D eigenvalue weighted by Gasteiger charge is 2.02. The number of amides is 1. The van der Waals surface area contributed by atoms with E-state index in [4.69, 9.17) is 0 Å². The molecule has 2 N–H and O–H groups in total. The van der Waals surface area contributed by atoms with Gasteiger partial charge in [-0.1, -0.05) is 38.8 Å². The molecule has 0 saturated heterocycles. The molecule has 0 aliphatic rings. The van der Waals surface area contributed by atoms with Crippen LogP contribution in [0.15, 0.2) is 24.3 Å². The van der Waals surface area contributed by atoms with Crippen molar-refractivity contribution >= 4 is 11.6 Å². The van der Waals surface area contributed by atoms with Gasteiger partial charge in [0.2, 0.25) is 5.91 Å². The van der Waals surface area contributed by atoms with Crippen LogP contribution in [0.4, 0.5) is 5.69 Å². The molecule has 0 fully saturated rings. The molecule has 0 radical (unpaired) electrons. The van der Waals surface area contributed by atoms with Crippen LogP contribution in [0.2, 0.25) is 0 Å². The molecule has 0 aliphatic carbocycles. The molecule has 1 aromatic rings. The quantitative estimate of drug-likeness (QED) is 0.706. The van der Waals surface area contributed by atoms with Gasteiger partial charge in [-0.2, -0.15) is 0 Å². The molecular formula is C16H26N2O. The molecule has 0 aliphatic heterocycles. The van der Waals surface area contributed by atoms with Gasteiger partial charge in [0.05, 0.1) is 0 Å². The second-order valence-electron chi connectivity index (χ2n) is 5.01. The molecule has 0 spiro atoms. The van der Waals surface area contributed by atoms with Crippen LogP contribution in [0.3, 0.4) is 0 Å². The number of benzene rings is 1. The van der Waals surface area contributed by atoms with E-state index in [-0.39, 0.29) is 5.91 Å². The van der Waals surface area contributed by atoms with Crippen molar-refractivity contribution < 1.29 is 4.79 Å². The zero-order chi connectivity index (χ0) is 14.1. The van der Waals surface area contributed by atoms with Crippen molar-refractivity contribution in [2.75, 3.05) is 18.4 Å². The topological polar surface area (TPSA) is 41.1 Å². The van der Waals surface area contributed by atoms with Crippen LogP contribution in [0.25, 0.3) is 0 Å². The van der Waals surface area contributed by atoms with E-state index in [0.717, 1.165) is 31.1 Å². The van der Waals surface area contributed by atoms with Crippen molar-refractivity contribution in [3.8, 4) is 0 Å². The third kappa shape index (κ3) is 6.39. The minimum absolute atomic E-state index is 0.0282. The lowest BCUT2D eigenvalue weighted by Crippen LogP contribution is -2.24. The molecule has 1 amide bonds. The normalized spacial score (nSPS) is 10.7. The third-order valence-corrected chi connectivity index (χ3v) is 3.45. The van der Waals surface area contributed by atoms with Crippen LogP contribution in [0, 0.1) is 5.92 Å². The lowest BCUT2D eigenvalue weighted by atomic mass is 10.0. The number of nitrogens with one attached hydrogen (secondary N) is 2. The first-order chi connectivity index (χ1) is 9.15. The summed E-state index contributed by atoms with van der Waals surface area (Å²) >= 11 is 0. The summed E-state index contributed by atoms with van der Waals surface area (Å²) in [6.45, 7) is 8.13. The van der Waals surface area contributed by atoms with E-state index in [2.05, 4.69) is 36.6 Å². The van der Waals surface area contributed by atoms with E-state index >= 15 is 0 Å². The number of hydrogen-bond donors (Lipinski definition) is 2. The summed E-state index contributed by atoms with van der Waals surface area (Å²) in [5.74, 6) is 0.765. The number of carbonyl (C=O) groups is 1.